The maximum Gasteiger partial charge on any atom is 0.242 e. The molecule has 170 valence electrons. The van der Waals surface area contributed by atoms with Crippen molar-refractivity contribution in [3.63, 3.8) is 0 Å². The number of piperidine rings is 1. The molecule has 0 unspecified atom stereocenters. The van der Waals surface area contributed by atoms with Gasteiger partial charge in [-0.25, -0.2) is 9.67 Å². The number of amides is 1. The molecule has 0 atom stereocenters. The van der Waals surface area contributed by atoms with Crippen molar-refractivity contribution in [1.29, 1.82) is 0 Å². The summed E-state index contributed by atoms with van der Waals surface area (Å²) in [6, 6.07) is 0.370. The van der Waals surface area contributed by atoms with Gasteiger partial charge in [-0.2, -0.15) is 0 Å². The highest BCUT2D eigenvalue weighted by Crippen LogP contribution is 2.30. The summed E-state index contributed by atoms with van der Waals surface area (Å²) < 4.78 is 7.20. The molecule has 1 aliphatic heterocycles. The van der Waals surface area contributed by atoms with Crippen LogP contribution >= 0.6 is 24.8 Å². The lowest BCUT2D eigenvalue weighted by Crippen LogP contribution is -2.46. The smallest absolute Gasteiger partial charge is 0.242 e. The third kappa shape index (κ3) is 5.37. The lowest BCUT2D eigenvalue weighted by atomic mass is 9.98. The first-order valence-corrected chi connectivity index (χ1v) is 10.3. The SMILES string of the molecule is CCCN(C(=O)CCc1c(C)nc2c(c(OC)nn2C)c1C)C1CCNCC1.Cl.Cl. The Hall–Kier alpha value is -1.57. The Kier molecular flexibility index (Phi) is 10.3. The van der Waals surface area contributed by atoms with Crippen molar-refractivity contribution in [3.05, 3.63) is 16.8 Å². The van der Waals surface area contributed by atoms with Crippen LogP contribution in [0.1, 0.15) is 49.4 Å². The van der Waals surface area contributed by atoms with Gasteiger partial charge in [-0.15, -0.1) is 29.9 Å². The monoisotopic (exact) mass is 459 g/mol. The molecule has 0 radical (unpaired) electrons. The predicted octanol–water partition coefficient (Wildman–Crippen LogP) is 3.36. The van der Waals surface area contributed by atoms with Gasteiger partial charge in [-0.1, -0.05) is 6.92 Å². The van der Waals surface area contributed by atoms with E-state index < -0.39 is 0 Å². The lowest BCUT2D eigenvalue weighted by molar-refractivity contribution is -0.134. The number of pyridine rings is 1. The van der Waals surface area contributed by atoms with E-state index in [1.807, 2.05) is 14.0 Å². The summed E-state index contributed by atoms with van der Waals surface area (Å²) in [5, 5.41) is 8.74. The fourth-order valence-electron chi connectivity index (χ4n) is 4.35. The minimum Gasteiger partial charge on any atom is -0.479 e. The molecule has 0 aromatic carbocycles. The topological polar surface area (TPSA) is 72.3 Å². The van der Waals surface area contributed by atoms with Crippen LogP contribution in [-0.4, -0.2) is 58.4 Å². The predicted molar refractivity (Wildman–Crippen MR) is 125 cm³/mol. The Balaban J connectivity index is 0.00000225. The molecule has 0 aliphatic carbocycles. The number of nitrogens with zero attached hydrogens (tertiary/aromatic N) is 4. The van der Waals surface area contributed by atoms with Gasteiger partial charge in [-0.05, 0) is 63.7 Å². The van der Waals surface area contributed by atoms with Gasteiger partial charge in [0, 0.05) is 31.7 Å². The van der Waals surface area contributed by atoms with E-state index in [4.69, 9.17) is 9.72 Å². The molecule has 0 saturated carbocycles. The molecule has 2 aromatic heterocycles. The van der Waals surface area contributed by atoms with Crippen LogP contribution in [0.15, 0.2) is 0 Å². The normalized spacial score (nSPS) is 14.2. The maximum absolute atomic E-state index is 13.1. The molecule has 1 amide bonds. The van der Waals surface area contributed by atoms with Crippen LogP contribution in [0.4, 0.5) is 0 Å². The number of aromatic nitrogens is 3. The van der Waals surface area contributed by atoms with Gasteiger partial charge in [0.2, 0.25) is 11.8 Å². The zero-order valence-corrected chi connectivity index (χ0v) is 20.3. The molecule has 3 heterocycles. The zero-order chi connectivity index (χ0) is 20.3. The standard InChI is InChI=1S/C21H33N5O2.2ClH/c1-6-13-26(16-9-11-22-12-10-16)18(27)8-7-17-14(2)19-20(23-15(17)3)25(4)24-21(19)28-5;;/h16,22H,6-13H2,1-5H3;2*1H. The minimum absolute atomic E-state index is 0. The minimum atomic E-state index is 0. The molecule has 30 heavy (non-hydrogen) atoms. The van der Waals surface area contributed by atoms with E-state index in [1.54, 1.807) is 11.8 Å². The Morgan fingerprint density at radius 1 is 1.27 bits per heavy atom. The van der Waals surface area contributed by atoms with Gasteiger partial charge >= 0.3 is 0 Å². The Morgan fingerprint density at radius 2 is 1.93 bits per heavy atom. The van der Waals surface area contributed by atoms with Crippen LogP contribution in [0.25, 0.3) is 11.0 Å². The maximum atomic E-state index is 13.1. The van der Waals surface area contributed by atoms with E-state index in [1.165, 1.54) is 0 Å². The molecular formula is C21H35Cl2N5O2. The molecule has 2 aromatic rings. The van der Waals surface area contributed by atoms with Crippen LogP contribution < -0.4 is 10.1 Å². The number of ether oxygens (including phenoxy) is 1. The van der Waals surface area contributed by atoms with Crippen LogP contribution in [0, 0.1) is 13.8 Å². The molecule has 1 aliphatic rings. The number of hydrogen-bond donors (Lipinski definition) is 1. The van der Waals surface area contributed by atoms with E-state index in [2.05, 4.69) is 29.2 Å². The second-order valence-corrected chi connectivity index (χ2v) is 7.70. The molecule has 0 spiro atoms. The first kappa shape index (κ1) is 26.5. The number of hydrogen-bond acceptors (Lipinski definition) is 5. The average molecular weight is 460 g/mol. The van der Waals surface area contributed by atoms with Gasteiger partial charge < -0.3 is 15.0 Å². The summed E-state index contributed by atoms with van der Waals surface area (Å²) in [6.07, 6.45) is 4.30. The van der Waals surface area contributed by atoms with Crippen LogP contribution in [0.3, 0.4) is 0 Å². The molecule has 1 saturated heterocycles. The van der Waals surface area contributed by atoms with Crippen LogP contribution in [0.5, 0.6) is 5.88 Å². The second kappa shape index (κ2) is 11.7. The van der Waals surface area contributed by atoms with E-state index in [0.717, 1.165) is 66.8 Å². The van der Waals surface area contributed by atoms with Crippen molar-refractivity contribution < 1.29 is 9.53 Å². The molecule has 1 fully saturated rings. The highest BCUT2D eigenvalue weighted by molar-refractivity contribution is 5.86. The zero-order valence-electron chi connectivity index (χ0n) is 18.7. The molecular weight excluding hydrogens is 425 g/mol. The first-order valence-electron chi connectivity index (χ1n) is 10.3. The number of nitrogens with one attached hydrogen (secondary N) is 1. The molecule has 9 heteroatoms. The fourth-order valence-corrected chi connectivity index (χ4v) is 4.35. The van der Waals surface area contributed by atoms with Gasteiger partial charge in [0.1, 0.15) is 0 Å². The number of methoxy groups -OCH3 is 1. The summed E-state index contributed by atoms with van der Waals surface area (Å²) in [4.78, 5) is 19.9. The summed E-state index contributed by atoms with van der Waals surface area (Å²) in [5.41, 5.74) is 4.04. The van der Waals surface area contributed by atoms with Gasteiger partial charge in [0.15, 0.2) is 5.65 Å². The molecule has 3 rings (SSSR count). The molecule has 7 nitrogen and oxygen atoms in total. The largest absolute Gasteiger partial charge is 0.479 e. The van der Waals surface area contributed by atoms with Gasteiger partial charge in [0.05, 0.1) is 12.5 Å². The highest BCUT2D eigenvalue weighted by atomic mass is 35.5. The van der Waals surface area contributed by atoms with Crippen molar-refractivity contribution >= 4 is 41.8 Å². The van der Waals surface area contributed by atoms with Crippen LogP contribution in [-0.2, 0) is 18.3 Å². The number of carbonyl (C=O) groups excluding carboxylic acids is 1. The number of carbonyl (C=O) groups is 1. The Morgan fingerprint density at radius 3 is 2.53 bits per heavy atom. The number of rotatable bonds is 7. The average Bonchev–Trinajstić information content (AvgIpc) is 3.02. The fraction of sp³-hybridized carbons (Fsp3) is 0.667. The quantitative estimate of drug-likeness (QED) is 0.686. The van der Waals surface area contributed by atoms with Gasteiger partial charge in [-0.3, -0.25) is 4.79 Å². The Bertz CT molecular complexity index is 850. The second-order valence-electron chi connectivity index (χ2n) is 7.70. The number of aryl methyl sites for hydroxylation is 3. The summed E-state index contributed by atoms with van der Waals surface area (Å²) in [7, 11) is 3.51. The van der Waals surface area contributed by atoms with E-state index in [9.17, 15) is 4.79 Å². The molecule has 0 bridgehead atoms. The Labute approximate surface area is 191 Å². The summed E-state index contributed by atoms with van der Waals surface area (Å²) in [6.45, 7) is 9.08. The number of halogens is 2. The van der Waals surface area contributed by atoms with E-state index in [-0.39, 0.29) is 30.7 Å². The van der Waals surface area contributed by atoms with Crippen molar-refractivity contribution in [2.75, 3.05) is 26.7 Å². The lowest BCUT2D eigenvalue weighted by Gasteiger charge is -2.34. The summed E-state index contributed by atoms with van der Waals surface area (Å²) >= 11 is 0. The molecule has 1 N–H and O–H groups in total. The third-order valence-electron chi connectivity index (χ3n) is 5.84. The summed E-state index contributed by atoms with van der Waals surface area (Å²) in [5.74, 6) is 0.850. The number of fused-ring (bicyclic) bond motifs is 1. The van der Waals surface area contributed by atoms with Crippen molar-refractivity contribution in [3.8, 4) is 5.88 Å². The highest BCUT2D eigenvalue weighted by Gasteiger charge is 2.25. The van der Waals surface area contributed by atoms with Gasteiger partial charge in [0.25, 0.3) is 0 Å². The van der Waals surface area contributed by atoms with Crippen molar-refractivity contribution in [2.24, 2.45) is 7.05 Å². The van der Waals surface area contributed by atoms with E-state index >= 15 is 0 Å². The van der Waals surface area contributed by atoms with E-state index in [0.29, 0.717) is 24.8 Å². The first-order chi connectivity index (χ1) is 13.5. The van der Waals surface area contributed by atoms with Crippen molar-refractivity contribution in [2.45, 2.75) is 58.9 Å². The van der Waals surface area contributed by atoms with Crippen LogP contribution in [0.2, 0.25) is 0 Å². The third-order valence-corrected chi connectivity index (χ3v) is 5.84. The van der Waals surface area contributed by atoms with Crippen molar-refractivity contribution in [1.82, 2.24) is 25.0 Å².